The predicted octanol–water partition coefficient (Wildman–Crippen LogP) is 2.10. The van der Waals surface area contributed by atoms with Crippen molar-refractivity contribution in [1.29, 1.82) is 0 Å². The van der Waals surface area contributed by atoms with Gasteiger partial charge < -0.3 is 10.6 Å². The molecule has 2 aromatic carbocycles. The molecule has 6 nitrogen and oxygen atoms in total. The molecule has 2 N–H and O–H groups in total. The van der Waals surface area contributed by atoms with Crippen LogP contribution in [0.3, 0.4) is 0 Å². The zero-order valence-electron chi connectivity index (χ0n) is 13.9. The van der Waals surface area contributed by atoms with Gasteiger partial charge in [-0.05, 0) is 24.1 Å². The minimum absolute atomic E-state index is 0.301. The SMILES string of the molecule is Cc1ccccc1NC(=O)CN1C(=O)NC(Cc2ccccc2)C1=O. The number of nitrogens with zero attached hydrogens (tertiary/aromatic N) is 1. The molecule has 0 spiro atoms. The van der Waals surface area contributed by atoms with Crippen LogP contribution in [0.15, 0.2) is 54.6 Å². The lowest BCUT2D eigenvalue weighted by atomic mass is 10.1. The minimum atomic E-state index is -0.638. The van der Waals surface area contributed by atoms with Gasteiger partial charge in [-0.1, -0.05) is 48.5 Å². The van der Waals surface area contributed by atoms with E-state index in [2.05, 4.69) is 10.6 Å². The standard InChI is InChI=1S/C19H19N3O3/c1-13-7-5-6-10-15(13)20-17(23)12-22-18(24)16(21-19(22)25)11-14-8-3-2-4-9-14/h2-10,16H,11-12H2,1H3,(H,20,23)(H,21,25). The van der Waals surface area contributed by atoms with Gasteiger partial charge in [-0.3, -0.25) is 14.5 Å². The summed E-state index contributed by atoms with van der Waals surface area (Å²) >= 11 is 0. The van der Waals surface area contributed by atoms with Crippen LogP contribution in [-0.2, 0) is 16.0 Å². The van der Waals surface area contributed by atoms with Gasteiger partial charge in [0.2, 0.25) is 5.91 Å². The average molecular weight is 337 g/mol. The number of hydrogen-bond acceptors (Lipinski definition) is 3. The van der Waals surface area contributed by atoms with Crippen LogP contribution in [-0.4, -0.2) is 35.3 Å². The fourth-order valence-corrected chi connectivity index (χ4v) is 2.76. The second-order valence-corrected chi connectivity index (χ2v) is 5.98. The third-order valence-corrected chi connectivity index (χ3v) is 4.11. The second kappa shape index (κ2) is 7.17. The lowest BCUT2D eigenvalue weighted by Gasteiger charge is -2.14. The highest BCUT2D eigenvalue weighted by Gasteiger charge is 2.38. The fraction of sp³-hybridized carbons (Fsp3) is 0.211. The van der Waals surface area contributed by atoms with Crippen molar-refractivity contribution in [3.8, 4) is 0 Å². The lowest BCUT2D eigenvalue weighted by molar-refractivity contribution is -0.130. The van der Waals surface area contributed by atoms with E-state index in [4.69, 9.17) is 0 Å². The largest absolute Gasteiger partial charge is 0.325 e. The molecule has 1 unspecified atom stereocenters. The van der Waals surface area contributed by atoms with Crippen LogP contribution in [0.1, 0.15) is 11.1 Å². The van der Waals surface area contributed by atoms with Crippen LogP contribution < -0.4 is 10.6 Å². The first-order valence-electron chi connectivity index (χ1n) is 8.06. The van der Waals surface area contributed by atoms with Gasteiger partial charge in [0, 0.05) is 12.1 Å². The lowest BCUT2D eigenvalue weighted by Crippen LogP contribution is -2.38. The van der Waals surface area contributed by atoms with Crippen molar-refractivity contribution in [2.75, 3.05) is 11.9 Å². The van der Waals surface area contributed by atoms with E-state index < -0.39 is 18.0 Å². The van der Waals surface area contributed by atoms with Gasteiger partial charge in [-0.2, -0.15) is 0 Å². The van der Waals surface area contributed by atoms with E-state index >= 15 is 0 Å². The van der Waals surface area contributed by atoms with Crippen LogP contribution in [0.5, 0.6) is 0 Å². The van der Waals surface area contributed by atoms with Crippen molar-refractivity contribution in [3.05, 3.63) is 65.7 Å². The van der Waals surface area contributed by atoms with Gasteiger partial charge in [-0.15, -0.1) is 0 Å². The molecule has 6 heteroatoms. The highest BCUT2D eigenvalue weighted by Crippen LogP contribution is 2.15. The number of amides is 4. The third-order valence-electron chi connectivity index (χ3n) is 4.11. The molecular weight excluding hydrogens is 318 g/mol. The van der Waals surface area contributed by atoms with Gasteiger partial charge in [-0.25, -0.2) is 4.79 Å². The molecule has 0 radical (unpaired) electrons. The van der Waals surface area contributed by atoms with E-state index in [9.17, 15) is 14.4 Å². The quantitative estimate of drug-likeness (QED) is 0.820. The van der Waals surface area contributed by atoms with Gasteiger partial charge in [0.05, 0.1) is 0 Å². The summed E-state index contributed by atoms with van der Waals surface area (Å²) in [6.45, 7) is 1.57. The Balaban J connectivity index is 1.62. The number of imide groups is 1. The third kappa shape index (κ3) is 3.85. The first kappa shape index (κ1) is 16.7. The molecule has 1 saturated heterocycles. The van der Waals surface area contributed by atoms with E-state index in [0.717, 1.165) is 16.0 Å². The van der Waals surface area contributed by atoms with Crippen LogP contribution in [0.4, 0.5) is 10.5 Å². The molecule has 4 amide bonds. The molecule has 0 aliphatic carbocycles. The van der Waals surface area contributed by atoms with E-state index in [1.165, 1.54) is 0 Å². The molecule has 25 heavy (non-hydrogen) atoms. The topological polar surface area (TPSA) is 78.5 Å². The first-order valence-corrected chi connectivity index (χ1v) is 8.06. The summed E-state index contributed by atoms with van der Waals surface area (Å²) in [7, 11) is 0. The van der Waals surface area contributed by atoms with E-state index in [1.54, 1.807) is 6.07 Å². The normalized spacial score (nSPS) is 16.7. The molecule has 1 atom stereocenters. The molecule has 0 saturated carbocycles. The minimum Gasteiger partial charge on any atom is -0.325 e. The number of benzene rings is 2. The number of hydrogen-bond donors (Lipinski definition) is 2. The number of aryl methyl sites for hydroxylation is 1. The van der Waals surface area contributed by atoms with Gasteiger partial charge in [0.25, 0.3) is 5.91 Å². The van der Waals surface area contributed by atoms with Crippen molar-refractivity contribution < 1.29 is 14.4 Å². The molecule has 3 rings (SSSR count). The van der Waals surface area contributed by atoms with E-state index in [1.807, 2.05) is 55.5 Å². The Bertz CT molecular complexity index is 805. The maximum atomic E-state index is 12.4. The smallest absolute Gasteiger partial charge is 0.325 e. The second-order valence-electron chi connectivity index (χ2n) is 5.98. The van der Waals surface area contributed by atoms with Crippen molar-refractivity contribution in [1.82, 2.24) is 10.2 Å². The molecule has 1 aliphatic rings. The number of anilines is 1. The summed E-state index contributed by atoms with van der Waals surface area (Å²) in [6, 6.07) is 15.6. The summed E-state index contributed by atoms with van der Waals surface area (Å²) in [5.41, 5.74) is 2.53. The first-order chi connectivity index (χ1) is 12.0. The van der Waals surface area contributed by atoms with Crippen molar-refractivity contribution in [2.45, 2.75) is 19.4 Å². The molecule has 0 aromatic heterocycles. The molecular formula is C19H19N3O3. The van der Waals surface area contributed by atoms with Crippen molar-refractivity contribution >= 4 is 23.5 Å². The molecule has 0 bridgehead atoms. The Labute approximate surface area is 145 Å². The Morgan fingerprint density at radius 1 is 1.08 bits per heavy atom. The van der Waals surface area contributed by atoms with Crippen LogP contribution >= 0.6 is 0 Å². The summed E-state index contributed by atoms with van der Waals surface area (Å²) in [5.74, 6) is -0.785. The summed E-state index contributed by atoms with van der Waals surface area (Å²) < 4.78 is 0. The Morgan fingerprint density at radius 2 is 1.76 bits per heavy atom. The van der Waals surface area contributed by atoms with Crippen LogP contribution in [0.2, 0.25) is 0 Å². The summed E-state index contributed by atoms with van der Waals surface area (Å²) in [5, 5.41) is 5.37. The van der Waals surface area contributed by atoms with E-state index in [-0.39, 0.29) is 12.5 Å². The summed E-state index contributed by atoms with van der Waals surface area (Å²) in [4.78, 5) is 37.6. The zero-order chi connectivity index (χ0) is 17.8. The molecule has 1 aliphatic heterocycles. The predicted molar refractivity (Wildman–Crippen MR) is 94.0 cm³/mol. The number of urea groups is 1. The molecule has 128 valence electrons. The van der Waals surface area contributed by atoms with Gasteiger partial charge >= 0.3 is 6.03 Å². The van der Waals surface area contributed by atoms with E-state index in [0.29, 0.717) is 12.1 Å². The van der Waals surface area contributed by atoms with Crippen LogP contribution in [0, 0.1) is 6.92 Å². The number of carbonyl (C=O) groups is 3. The van der Waals surface area contributed by atoms with Crippen LogP contribution in [0.25, 0.3) is 0 Å². The number of nitrogens with one attached hydrogen (secondary N) is 2. The monoisotopic (exact) mass is 337 g/mol. The molecule has 1 heterocycles. The highest BCUT2D eigenvalue weighted by atomic mass is 16.2. The number of para-hydroxylation sites is 1. The molecule has 2 aromatic rings. The maximum Gasteiger partial charge on any atom is 0.325 e. The molecule has 1 fully saturated rings. The Kier molecular flexibility index (Phi) is 4.79. The average Bonchev–Trinajstić information content (AvgIpc) is 2.85. The van der Waals surface area contributed by atoms with Gasteiger partial charge in [0.1, 0.15) is 12.6 Å². The zero-order valence-corrected chi connectivity index (χ0v) is 13.9. The van der Waals surface area contributed by atoms with Gasteiger partial charge in [0.15, 0.2) is 0 Å². The highest BCUT2D eigenvalue weighted by molar-refractivity contribution is 6.08. The van der Waals surface area contributed by atoms with Crippen molar-refractivity contribution in [3.63, 3.8) is 0 Å². The number of rotatable bonds is 5. The fourth-order valence-electron chi connectivity index (χ4n) is 2.76. The summed E-state index contributed by atoms with van der Waals surface area (Å²) in [6.07, 6.45) is 0.404. The Morgan fingerprint density at radius 3 is 2.48 bits per heavy atom. The Hall–Kier alpha value is -3.15. The maximum absolute atomic E-state index is 12.4. The van der Waals surface area contributed by atoms with Crippen molar-refractivity contribution in [2.24, 2.45) is 0 Å². The number of carbonyl (C=O) groups excluding carboxylic acids is 3.